The van der Waals surface area contributed by atoms with Crippen LogP contribution in [0.4, 0.5) is 10.2 Å². The molecule has 4 aromatic rings. The lowest BCUT2D eigenvalue weighted by atomic mass is 9.98. The molecule has 33 heavy (non-hydrogen) atoms. The van der Waals surface area contributed by atoms with Crippen LogP contribution in [-0.2, 0) is 9.53 Å². The molecule has 1 N–H and O–H groups in total. The number of aryl methyl sites for hydroxylation is 1. The first-order valence-corrected chi connectivity index (χ1v) is 11.0. The third kappa shape index (κ3) is 5.03. The molecule has 0 unspecified atom stereocenters. The monoisotopic (exact) mass is 447 g/mol. The first-order valence-electron chi connectivity index (χ1n) is 11.0. The number of esters is 1. The van der Waals surface area contributed by atoms with Crippen molar-refractivity contribution < 1.29 is 18.3 Å². The number of hydrogen-bond donors (Lipinski definition) is 1. The molecule has 0 fully saturated rings. The van der Waals surface area contributed by atoms with Gasteiger partial charge in [0.2, 0.25) is 5.71 Å². The van der Waals surface area contributed by atoms with Crippen molar-refractivity contribution in [2.75, 3.05) is 19.0 Å². The quantitative estimate of drug-likeness (QED) is 0.245. The average molecular weight is 448 g/mol. The van der Waals surface area contributed by atoms with Crippen LogP contribution in [0.3, 0.4) is 0 Å². The van der Waals surface area contributed by atoms with Crippen molar-refractivity contribution in [3.05, 3.63) is 66.2 Å². The predicted octanol–water partition coefficient (Wildman–Crippen LogP) is 6.15. The lowest BCUT2D eigenvalue weighted by molar-refractivity contribution is -0.140. The van der Waals surface area contributed by atoms with Crippen LogP contribution < -0.4 is 5.32 Å². The first-order chi connectivity index (χ1) is 16.1. The normalized spacial score (nSPS) is 11.0. The summed E-state index contributed by atoms with van der Waals surface area (Å²) in [6, 6.07) is 14.9. The molecule has 0 amide bonds. The van der Waals surface area contributed by atoms with Gasteiger partial charge in [0.05, 0.1) is 12.5 Å². The fourth-order valence-electron chi connectivity index (χ4n) is 3.76. The zero-order valence-electron chi connectivity index (χ0n) is 18.7. The van der Waals surface area contributed by atoms with E-state index in [2.05, 4.69) is 20.0 Å². The number of nitrogens with one attached hydrogen (secondary N) is 1. The van der Waals surface area contributed by atoms with Crippen molar-refractivity contribution in [3.8, 4) is 22.5 Å². The van der Waals surface area contributed by atoms with E-state index in [1.807, 2.05) is 36.4 Å². The van der Waals surface area contributed by atoms with Crippen molar-refractivity contribution >= 4 is 22.9 Å². The molecule has 0 saturated carbocycles. The van der Waals surface area contributed by atoms with Crippen LogP contribution in [0.25, 0.3) is 33.6 Å². The van der Waals surface area contributed by atoms with Gasteiger partial charge in [-0.25, -0.2) is 14.4 Å². The summed E-state index contributed by atoms with van der Waals surface area (Å²) in [7, 11) is 1.40. The average Bonchev–Trinajstić information content (AvgIpc) is 3.24. The van der Waals surface area contributed by atoms with Crippen molar-refractivity contribution in [2.24, 2.45) is 0 Å². The number of furan rings is 1. The second-order valence-electron chi connectivity index (χ2n) is 7.85. The second kappa shape index (κ2) is 10.3. The Balaban J connectivity index is 1.68. The summed E-state index contributed by atoms with van der Waals surface area (Å²) in [5.74, 6) is 0.783. The van der Waals surface area contributed by atoms with Gasteiger partial charge in [-0.2, -0.15) is 0 Å². The number of nitrogens with zero attached hydrogens (tertiary/aromatic N) is 2. The molecule has 0 aliphatic carbocycles. The summed E-state index contributed by atoms with van der Waals surface area (Å²) < 4.78 is 25.3. The Kier molecular flexibility index (Phi) is 6.98. The van der Waals surface area contributed by atoms with Crippen LogP contribution in [0.2, 0.25) is 0 Å². The lowest BCUT2D eigenvalue weighted by Gasteiger charge is -2.09. The topological polar surface area (TPSA) is 77.2 Å². The zero-order valence-corrected chi connectivity index (χ0v) is 18.7. The maximum Gasteiger partial charge on any atom is 0.305 e. The highest BCUT2D eigenvalue weighted by atomic mass is 19.1. The largest absolute Gasteiger partial charge is 0.469 e. The van der Waals surface area contributed by atoms with Crippen LogP contribution in [0.1, 0.15) is 31.2 Å². The van der Waals surface area contributed by atoms with Gasteiger partial charge in [-0.3, -0.25) is 4.79 Å². The zero-order chi connectivity index (χ0) is 23.2. The maximum absolute atomic E-state index is 14.5. The number of unbranched alkanes of at least 4 members (excludes halogenated alkanes) is 2. The summed E-state index contributed by atoms with van der Waals surface area (Å²) in [6.07, 6.45) is 4.39. The van der Waals surface area contributed by atoms with Crippen LogP contribution in [0.5, 0.6) is 0 Å². The molecule has 0 radical (unpaired) electrons. The molecule has 4 rings (SSSR count). The van der Waals surface area contributed by atoms with E-state index in [4.69, 9.17) is 4.42 Å². The van der Waals surface area contributed by atoms with E-state index in [9.17, 15) is 9.18 Å². The third-order valence-corrected chi connectivity index (χ3v) is 5.56. The van der Waals surface area contributed by atoms with Gasteiger partial charge in [-0.15, -0.1) is 0 Å². The second-order valence-corrected chi connectivity index (χ2v) is 7.85. The minimum atomic E-state index is -0.280. The van der Waals surface area contributed by atoms with Crippen molar-refractivity contribution in [1.29, 1.82) is 0 Å². The molecule has 2 aromatic carbocycles. The molecule has 0 bridgehead atoms. The van der Waals surface area contributed by atoms with E-state index in [0.29, 0.717) is 46.8 Å². The van der Waals surface area contributed by atoms with Gasteiger partial charge in [0.25, 0.3) is 0 Å². The molecule has 0 atom stereocenters. The lowest BCUT2D eigenvalue weighted by Crippen LogP contribution is -2.05. The summed E-state index contributed by atoms with van der Waals surface area (Å²) >= 11 is 0. The molecule has 7 heteroatoms. The Labute approximate surface area is 191 Å². The maximum atomic E-state index is 14.5. The summed E-state index contributed by atoms with van der Waals surface area (Å²) in [4.78, 5) is 20.0. The molecule has 6 nitrogen and oxygen atoms in total. The number of carbonyl (C=O) groups excluding carboxylic acids is 1. The highest BCUT2D eigenvalue weighted by Crippen LogP contribution is 2.42. The van der Waals surface area contributed by atoms with Crippen molar-refractivity contribution in [1.82, 2.24) is 9.97 Å². The number of benzene rings is 2. The van der Waals surface area contributed by atoms with Gasteiger partial charge in [0.15, 0.2) is 0 Å². The third-order valence-electron chi connectivity index (χ3n) is 5.56. The fraction of sp³-hybridized carbons (Fsp3) is 0.269. The minimum absolute atomic E-state index is 0.192. The Morgan fingerprint density at radius 3 is 2.64 bits per heavy atom. The van der Waals surface area contributed by atoms with Gasteiger partial charge in [0, 0.05) is 24.1 Å². The molecular formula is C26H26FN3O3. The van der Waals surface area contributed by atoms with Gasteiger partial charge in [-0.1, -0.05) is 48.9 Å². The Morgan fingerprint density at radius 2 is 1.88 bits per heavy atom. The van der Waals surface area contributed by atoms with Crippen LogP contribution in [0.15, 0.2) is 59.3 Å². The SMILES string of the molecule is COC(=O)CCCCCNc1ncnc2oc(-c3ccccc3)c(-c3ccc(C)c(F)c3)c12. The van der Waals surface area contributed by atoms with Gasteiger partial charge in [-0.05, 0) is 37.0 Å². The molecule has 170 valence electrons. The number of halogens is 1. The number of aromatic nitrogens is 2. The van der Waals surface area contributed by atoms with E-state index >= 15 is 0 Å². The Hall–Kier alpha value is -3.74. The van der Waals surface area contributed by atoms with E-state index in [-0.39, 0.29) is 11.8 Å². The van der Waals surface area contributed by atoms with E-state index in [1.54, 1.807) is 13.0 Å². The molecule has 0 aliphatic rings. The van der Waals surface area contributed by atoms with E-state index < -0.39 is 0 Å². The first kappa shape index (κ1) is 22.5. The summed E-state index contributed by atoms with van der Waals surface area (Å²) in [5.41, 5.74) is 3.35. The number of fused-ring (bicyclic) bond motifs is 1. The number of rotatable bonds is 9. The molecule has 0 spiro atoms. The summed E-state index contributed by atoms with van der Waals surface area (Å²) in [5, 5.41) is 4.09. The number of ether oxygens (including phenoxy) is 1. The number of hydrogen-bond acceptors (Lipinski definition) is 6. The standard InChI is InChI=1S/C26H26FN3O3/c1-17-12-13-19(15-20(17)27)22-23-25(28-14-8-4-7-11-21(31)32-2)29-16-30-26(23)33-24(22)18-9-5-3-6-10-18/h3,5-6,9-10,12-13,15-16H,4,7-8,11,14H2,1-2H3,(H,28,29,30). The minimum Gasteiger partial charge on any atom is -0.469 e. The smallest absolute Gasteiger partial charge is 0.305 e. The van der Waals surface area contributed by atoms with Gasteiger partial charge < -0.3 is 14.5 Å². The molecule has 0 saturated heterocycles. The number of methoxy groups -OCH3 is 1. The number of anilines is 1. The highest BCUT2D eigenvalue weighted by Gasteiger charge is 2.22. The summed E-state index contributed by atoms with van der Waals surface area (Å²) in [6.45, 7) is 2.40. The highest BCUT2D eigenvalue weighted by molar-refractivity contribution is 6.05. The Bertz CT molecular complexity index is 1250. The van der Waals surface area contributed by atoms with E-state index in [1.165, 1.54) is 19.5 Å². The molecular weight excluding hydrogens is 421 g/mol. The van der Waals surface area contributed by atoms with Crippen LogP contribution in [-0.4, -0.2) is 29.6 Å². The van der Waals surface area contributed by atoms with Crippen LogP contribution in [0, 0.1) is 12.7 Å². The fourth-order valence-corrected chi connectivity index (χ4v) is 3.76. The molecule has 0 aliphatic heterocycles. The Morgan fingerprint density at radius 1 is 1.06 bits per heavy atom. The van der Waals surface area contributed by atoms with Gasteiger partial charge >= 0.3 is 5.97 Å². The van der Waals surface area contributed by atoms with Gasteiger partial charge in [0.1, 0.15) is 23.7 Å². The predicted molar refractivity (Wildman–Crippen MR) is 126 cm³/mol. The van der Waals surface area contributed by atoms with Crippen molar-refractivity contribution in [3.63, 3.8) is 0 Å². The molecule has 2 aromatic heterocycles. The van der Waals surface area contributed by atoms with Crippen LogP contribution >= 0.6 is 0 Å². The number of carbonyl (C=O) groups is 1. The molecule has 2 heterocycles. The van der Waals surface area contributed by atoms with Crippen molar-refractivity contribution in [2.45, 2.75) is 32.6 Å². The van der Waals surface area contributed by atoms with E-state index in [0.717, 1.165) is 30.4 Å².